The second kappa shape index (κ2) is 5.57. The number of carbonyl (C=O) groups excluding carboxylic acids is 1. The first-order chi connectivity index (χ1) is 8.87. The molecular formula is C13H15Cl2NO3. The fourth-order valence-corrected chi connectivity index (χ4v) is 2.25. The van der Waals surface area contributed by atoms with E-state index in [1.165, 1.54) is 0 Å². The predicted octanol–water partition coefficient (Wildman–Crippen LogP) is 2.36. The van der Waals surface area contributed by atoms with Gasteiger partial charge < -0.3 is 14.7 Å². The average Bonchev–Trinajstić information content (AvgIpc) is 2.71. The number of ether oxygens (including phenoxy) is 1. The highest BCUT2D eigenvalue weighted by molar-refractivity contribution is 6.42. The van der Waals surface area contributed by atoms with Crippen molar-refractivity contribution >= 4 is 29.1 Å². The third-order valence-corrected chi connectivity index (χ3v) is 3.80. The van der Waals surface area contributed by atoms with E-state index in [-0.39, 0.29) is 12.5 Å². The Kier molecular flexibility index (Phi) is 4.23. The van der Waals surface area contributed by atoms with Gasteiger partial charge in [0, 0.05) is 19.2 Å². The van der Waals surface area contributed by atoms with Crippen LogP contribution in [0.5, 0.6) is 5.75 Å². The van der Waals surface area contributed by atoms with Gasteiger partial charge in [-0.25, -0.2) is 0 Å². The normalized spacial score (nSPS) is 22.6. The number of carbonyl (C=O) groups is 1. The van der Waals surface area contributed by atoms with Gasteiger partial charge in [-0.3, -0.25) is 4.79 Å². The zero-order valence-electron chi connectivity index (χ0n) is 10.5. The second-order valence-corrected chi connectivity index (χ2v) is 5.74. The van der Waals surface area contributed by atoms with Gasteiger partial charge >= 0.3 is 0 Å². The standard InChI is InChI=1S/C13H15Cl2NO3/c1-13(18)4-5-16(8-13)12(17)7-19-9-2-3-10(14)11(15)6-9/h2-3,6,18H,4-5,7-8H2,1H3. The molecule has 4 nitrogen and oxygen atoms in total. The van der Waals surface area contributed by atoms with E-state index in [2.05, 4.69) is 0 Å². The summed E-state index contributed by atoms with van der Waals surface area (Å²) in [6.07, 6.45) is 0.589. The van der Waals surface area contributed by atoms with E-state index in [9.17, 15) is 9.90 Å². The number of halogens is 2. The molecular weight excluding hydrogens is 289 g/mol. The number of likely N-dealkylation sites (tertiary alicyclic amines) is 1. The highest BCUT2D eigenvalue weighted by Crippen LogP contribution is 2.26. The summed E-state index contributed by atoms with van der Waals surface area (Å²) in [6.45, 7) is 2.54. The highest BCUT2D eigenvalue weighted by Gasteiger charge is 2.33. The number of nitrogens with zero attached hydrogens (tertiary/aromatic N) is 1. The monoisotopic (exact) mass is 303 g/mol. The van der Waals surface area contributed by atoms with Crippen LogP contribution in [0.4, 0.5) is 0 Å². The zero-order chi connectivity index (χ0) is 14.0. The van der Waals surface area contributed by atoms with Gasteiger partial charge in [-0.05, 0) is 25.5 Å². The lowest BCUT2D eigenvalue weighted by Gasteiger charge is -2.19. The third kappa shape index (κ3) is 3.75. The molecule has 0 aromatic heterocycles. The molecule has 1 aromatic rings. The smallest absolute Gasteiger partial charge is 0.260 e. The topological polar surface area (TPSA) is 49.8 Å². The quantitative estimate of drug-likeness (QED) is 0.932. The SMILES string of the molecule is CC1(O)CCN(C(=O)COc2ccc(Cl)c(Cl)c2)C1. The average molecular weight is 304 g/mol. The molecule has 0 aliphatic carbocycles. The van der Waals surface area contributed by atoms with Gasteiger partial charge in [0.15, 0.2) is 6.61 Å². The molecule has 1 saturated heterocycles. The predicted molar refractivity (Wildman–Crippen MR) is 73.8 cm³/mol. The summed E-state index contributed by atoms with van der Waals surface area (Å²) in [5.41, 5.74) is -0.792. The number of benzene rings is 1. The van der Waals surface area contributed by atoms with E-state index in [0.29, 0.717) is 35.3 Å². The molecule has 1 N–H and O–H groups in total. The van der Waals surface area contributed by atoms with Crippen molar-refractivity contribution in [2.45, 2.75) is 18.9 Å². The van der Waals surface area contributed by atoms with E-state index in [1.807, 2.05) is 0 Å². The Balaban J connectivity index is 1.88. The van der Waals surface area contributed by atoms with Crippen LogP contribution in [0.3, 0.4) is 0 Å². The molecule has 6 heteroatoms. The summed E-state index contributed by atoms with van der Waals surface area (Å²) in [5.74, 6) is 0.345. The molecule has 104 valence electrons. The molecule has 2 rings (SSSR count). The lowest BCUT2D eigenvalue weighted by atomic mass is 10.1. The fourth-order valence-electron chi connectivity index (χ4n) is 1.96. The first kappa shape index (κ1) is 14.4. The third-order valence-electron chi connectivity index (χ3n) is 3.06. The maximum absolute atomic E-state index is 11.9. The minimum Gasteiger partial charge on any atom is -0.484 e. The lowest BCUT2D eigenvalue weighted by molar-refractivity contribution is -0.133. The molecule has 1 heterocycles. The van der Waals surface area contributed by atoms with E-state index < -0.39 is 5.60 Å². The van der Waals surface area contributed by atoms with Crippen molar-refractivity contribution in [3.63, 3.8) is 0 Å². The maximum Gasteiger partial charge on any atom is 0.260 e. The van der Waals surface area contributed by atoms with Crippen LogP contribution in [0, 0.1) is 0 Å². The molecule has 0 radical (unpaired) electrons. The van der Waals surface area contributed by atoms with Crippen molar-refractivity contribution in [1.29, 1.82) is 0 Å². The molecule has 1 atom stereocenters. The summed E-state index contributed by atoms with van der Waals surface area (Å²) in [7, 11) is 0. The number of hydrogen-bond donors (Lipinski definition) is 1. The number of aliphatic hydroxyl groups is 1. The van der Waals surface area contributed by atoms with Crippen molar-refractivity contribution in [1.82, 2.24) is 4.90 Å². The van der Waals surface area contributed by atoms with Gasteiger partial charge in [-0.15, -0.1) is 0 Å². The van der Waals surface area contributed by atoms with Crippen LogP contribution < -0.4 is 4.74 Å². The van der Waals surface area contributed by atoms with Gasteiger partial charge in [0.05, 0.1) is 15.6 Å². The Hall–Kier alpha value is -0.970. The molecule has 0 spiro atoms. The van der Waals surface area contributed by atoms with Crippen molar-refractivity contribution in [2.75, 3.05) is 19.7 Å². The van der Waals surface area contributed by atoms with Crippen LogP contribution in [0.15, 0.2) is 18.2 Å². The highest BCUT2D eigenvalue weighted by atomic mass is 35.5. The molecule has 1 aliphatic rings. The zero-order valence-corrected chi connectivity index (χ0v) is 12.0. The van der Waals surface area contributed by atoms with Crippen molar-refractivity contribution in [3.05, 3.63) is 28.2 Å². The summed E-state index contributed by atoms with van der Waals surface area (Å²) in [6, 6.07) is 4.84. The van der Waals surface area contributed by atoms with Gasteiger partial charge in [-0.2, -0.15) is 0 Å². The Morgan fingerprint density at radius 3 is 2.79 bits per heavy atom. The molecule has 1 aliphatic heterocycles. The molecule has 1 aromatic carbocycles. The van der Waals surface area contributed by atoms with Crippen LogP contribution in [-0.4, -0.2) is 41.2 Å². The summed E-state index contributed by atoms with van der Waals surface area (Å²) in [4.78, 5) is 13.5. The summed E-state index contributed by atoms with van der Waals surface area (Å²) >= 11 is 11.6. The van der Waals surface area contributed by atoms with Gasteiger partial charge in [0.2, 0.25) is 0 Å². The molecule has 0 bridgehead atoms. The molecule has 19 heavy (non-hydrogen) atoms. The van der Waals surface area contributed by atoms with Crippen molar-refractivity contribution < 1.29 is 14.6 Å². The first-order valence-corrected chi connectivity index (χ1v) is 6.71. The Morgan fingerprint density at radius 1 is 1.47 bits per heavy atom. The van der Waals surface area contributed by atoms with Crippen molar-refractivity contribution in [3.8, 4) is 5.75 Å². The van der Waals surface area contributed by atoms with E-state index >= 15 is 0 Å². The first-order valence-electron chi connectivity index (χ1n) is 5.95. The van der Waals surface area contributed by atoms with Gasteiger partial charge in [0.25, 0.3) is 5.91 Å². The van der Waals surface area contributed by atoms with E-state index in [0.717, 1.165) is 0 Å². The van der Waals surface area contributed by atoms with Crippen LogP contribution in [0.1, 0.15) is 13.3 Å². The fraction of sp³-hybridized carbons (Fsp3) is 0.462. The lowest BCUT2D eigenvalue weighted by Crippen LogP contribution is -2.36. The van der Waals surface area contributed by atoms with Gasteiger partial charge in [-0.1, -0.05) is 23.2 Å². The Labute approximate surface area is 121 Å². The van der Waals surface area contributed by atoms with Crippen LogP contribution in [0.2, 0.25) is 10.0 Å². The van der Waals surface area contributed by atoms with E-state index in [4.69, 9.17) is 27.9 Å². The number of hydrogen-bond acceptors (Lipinski definition) is 3. The Morgan fingerprint density at radius 2 is 2.21 bits per heavy atom. The van der Waals surface area contributed by atoms with Crippen LogP contribution in [-0.2, 0) is 4.79 Å². The number of rotatable bonds is 3. The van der Waals surface area contributed by atoms with Crippen LogP contribution >= 0.6 is 23.2 Å². The molecule has 0 saturated carbocycles. The summed E-state index contributed by atoms with van der Waals surface area (Å²) < 4.78 is 5.37. The number of β-amino-alcohol motifs (C(OH)–C–C–N with tert-alkyl or cyclic N) is 1. The minimum atomic E-state index is -0.792. The largest absolute Gasteiger partial charge is 0.484 e. The maximum atomic E-state index is 11.9. The van der Waals surface area contributed by atoms with Gasteiger partial charge in [0.1, 0.15) is 5.75 Å². The Bertz CT molecular complexity index is 491. The minimum absolute atomic E-state index is 0.0754. The van der Waals surface area contributed by atoms with E-state index in [1.54, 1.807) is 30.0 Å². The molecule has 1 unspecified atom stereocenters. The number of amides is 1. The van der Waals surface area contributed by atoms with Crippen LogP contribution in [0.25, 0.3) is 0 Å². The molecule has 1 amide bonds. The second-order valence-electron chi connectivity index (χ2n) is 4.93. The molecule has 1 fully saturated rings. The van der Waals surface area contributed by atoms with Crippen molar-refractivity contribution in [2.24, 2.45) is 0 Å². The summed E-state index contributed by atoms with van der Waals surface area (Å²) in [5, 5.41) is 10.6.